The Morgan fingerprint density at radius 3 is 2.67 bits per heavy atom. The van der Waals surface area contributed by atoms with Crippen LogP contribution in [0.25, 0.3) is 11.3 Å². The number of carbonyl (C=O) groups is 1. The van der Waals surface area contributed by atoms with Gasteiger partial charge in [-0.1, -0.05) is 0 Å². The number of benzene rings is 1. The maximum absolute atomic E-state index is 11.5. The number of nitrogens with one attached hydrogen (secondary N) is 2. The molecule has 0 atom stereocenters. The highest BCUT2D eigenvalue weighted by atomic mass is 32.1. The van der Waals surface area contributed by atoms with Gasteiger partial charge in [-0.2, -0.15) is 0 Å². The van der Waals surface area contributed by atoms with E-state index >= 15 is 0 Å². The van der Waals surface area contributed by atoms with E-state index in [9.17, 15) is 4.79 Å². The quantitative estimate of drug-likeness (QED) is 0.861. The minimum atomic E-state index is -0.0981. The smallest absolute Gasteiger partial charge is 0.240 e. The molecule has 0 bridgehead atoms. The van der Waals surface area contributed by atoms with Gasteiger partial charge in [0.05, 0.1) is 18.3 Å². The first-order valence-electron chi connectivity index (χ1n) is 6.75. The van der Waals surface area contributed by atoms with Crippen LogP contribution in [0.15, 0.2) is 29.6 Å². The van der Waals surface area contributed by atoms with Gasteiger partial charge in [0, 0.05) is 10.9 Å². The second-order valence-corrected chi connectivity index (χ2v) is 5.67. The molecule has 0 saturated heterocycles. The first-order valence-corrected chi connectivity index (χ1v) is 7.63. The minimum absolute atomic E-state index is 0.0981. The predicted molar refractivity (Wildman–Crippen MR) is 85.9 cm³/mol. The summed E-state index contributed by atoms with van der Waals surface area (Å²) in [5, 5.41) is 8.08. The Hall–Kier alpha value is -1.92. The molecule has 0 fully saturated rings. The lowest BCUT2D eigenvalue weighted by molar-refractivity contribution is -0.115. The van der Waals surface area contributed by atoms with Crippen LogP contribution in [0.3, 0.4) is 0 Å². The molecule has 0 radical (unpaired) electrons. The zero-order chi connectivity index (χ0) is 15.2. The van der Waals surface area contributed by atoms with Crippen LogP contribution in [-0.4, -0.2) is 30.6 Å². The number of nitrogens with zero attached hydrogens (tertiary/aromatic N) is 1. The first-order chi connectivity index (χ1) is 10.1. The molecule has 2 aromatic rings. The summed E-state index contributed by atoms with van der Waals surface area (Å²) >= 11 is 1.41. The molecule has 1 aromatic heterocycles. The fourth-order valence-electron chi connectivity index (χ4n) is 1.76. The van der Waals surface area contributed by atoms with Crippen molar-refractivity contribution in [1.29, 1.82) is 0 Å². The lowest BCUT2D eigenvalue weighted by Crippen LogP contribution is -2.24. The summed E-state index contributed by atoms with van der Waals surface area (Å²) in [6.07, 6.45) is 0.157. The fourth-order valence-corrected chi connectivity index (χ4v) is 2.50. The molecule has 1 amide bonds. The van der Waals surface area contributed by atoms with Crippen molar-refractivity contribution >= 4 is 22.4 Å². The summed E-state index contributed by atoms with van der Waals surface area (Å²) in [4.78, 5) is 15.9. The molecule has 0 aliphatic carbocycles. The van der Waals surface area contributed by atoms with E-state index < -0.39 is 0 Å². The van der Waals surface area contributed by atoms with Crippen LogP contribution in [0.2, 0.25) is 0 Å². The molecule has 0 unspecified atom stereocenters. The Labute approximate surface area is 128 Å². The van der Waals surface area contributed by atoms with Crippen LogP contribution in [-0.2, 0) is 4.79 Å². The summed E-state index contributed by atoms with van der Waals surface area (Å²) in [6.45, 7) is 4.26. The van der Waals surface area contributed by atoms with Crippen molar-refractivity contribution in [3.8, 4) is 17.0 Å². The summed E-state index contributed by atoms with van der Waals surface area (Å²) in [5.74, 6) is 0.741. The number of likely N-dealkylation sites (N-methyl/N-ethyl adjacent to an activating group) is 1. The van der Waals surface area contributed by atoms with E-state index in [1.54, 1.807) is 7.05 Å². The third-order valence-electron chi connectivity index (χ3n) is 2.61. The van der Waals surface area contributed by atoms with Crippen LogP contribution in [0.1, 0.15) is 13.8 Å². The molecular weight excluding hydrogens is 286 g/mol. The average Bonchev–Trinajstić information content (AvgIpc) is 2.87. The number of aromatic nitrogens is 1. The largest absolute Gasteiger partial charge is 0.491 e. The van der Waals surface area contributed by atoms with Gasteiger partial charge in [0.15, 0.2) is 5.13 Å². The lowest BCUT2D eigenvalue weighted by Gasteiger charge is -2.09. The van der Waals surface area contributed by atoms with Gasteiger partial charge in [-0.15, -0.1) is 11.3 Å². The number of anilines is 1. The topological polar surface area (TPSA) is 63.2 Å². The van der Waals surface area contributed by atoms with Crippen molar-refractivity contribution in [3.63, 3.8) is 0 Å². The van der Waals surface area contributed by atoms with Gasteiger partial charge in [-0.05, 0) is 45.2 Å². The van der Waals surface area contributed by atoms with E-state index in [0.717, 1.165) is 17.0 Å². The van der Waals surface area contributed by atoms with E-state index in [-0.39, 0.29) is 18.6 Å². The normalized spacial score (nSPS) is 10.7. The number of thiazole rings is 1. The van der Waals surface area contributed by atoms with E-state index in [1.807, 2.05) is 43.5 Å². The number of amides is 1. The molecule has 1 aromatic carbocycles. The fraction of sp³-hybridized carbons (Fsp3) is 0.333. The van der Waals surface area contributed by atoms with Gasteiger partial charge in [0.1, 0.15) is 5.75 Å². The van der Waals surface area contributed by atoms with Crippen molar-refractivity contribution in [2.24, 2.45) is 0 Å². The third-order valence-corrected chi connectivity index (χ3v) is 3.37. The number of hydrogen-bond donors (Lipinski definition) is 2. The lowest BCUT2D eigenvalue weighted by atomic mass is 10.2. The molecule has 0 spiro atoms. The van der Waals surface area contributed by atoms with E-state index in [4.69, 9.17) is 4.74 Å². The Balaban J connectivity index is 2.05. The van der Waals surface area contributed by atoms with Crippen molar-refractivity contribution in [3.05, 3.63) is 29.6 Å². The highest BCUT2D eigenvalue weighted by molar-refractivity contribution is 7.14. The van der Waals surface area contributed by atoms with Gasteiger partial charge >= 0.3 is 0 Å². The molecule has 2 N–H and O–H groups in total. The van der Waals surface area contributed by atoms with Crippen molar-refractivity contribution in [2.75, 3.05) is 18.9 Å². The Morgan fingerprint density at radius 2 is 2.05 bits per heavy atom. The van der Waals surface area contributed by atoms with E-state index in [2.05, 4.69) is 15.6 Å². The predicted octanol–water partition coefficient (Wildman–Crippen LogP) is 2.76. The number of carbonyl (C=O) groups excluding carboxylic acids is 1. The van der Waals surface area contributed by atoms with E-state index in [1.165, 1.54) is 11.3 Å². The van der Waals surface area contributed by atoms with Crippen LogP contribution in [0.4, 0.5) is 5.13 Å². The molecule has 112 valence electrons. The average molecular weight is 305 g/mol. The monoisotopic (exact) mass is 305 g/mol. The maximum atomic E-state index is 11.5. The van der Waals surface area contributed by atoms with Crippen LogP contribution < -0.4 is 15.4 Å². The first kappa shape index (κ1) is 15.5. The molecule has 0 aliphatic heterocycles. The molecule has 2 rings (SSSR count). The summed E-state index contributed by atoms with van der Waals surface area (Å²) in [7, 11) is 1.73. The molecule has 6 heteroatoms. The number of ether oxygens (including phenoxy) is 1. The molecule has 5 nitrogen and oxygen atoms in total. The molecule has 21 heavy (non-hydrogen) atoms. The van der Waals surface area contributed by atoms with Crippen LogP contribution >= 0.6 is 11.3 Å². The van der Waals surface area contributed by atoms with Gasteiger partial charge < -0.3 is 15.4 Å². The second-order valence-electron chi connectivity index (χ2n) is 4.81. The highest BCUT2D eigenvalue weighted by Gasteiger charge is 2.08. The van der Waals surface area contributed by atoms with Crippen LogP contribution in [0.5, 0.6) is 5.75 Å². The maximum Gasteiger partial charge on any atom is 0.240 e. The van der Waals surface area contributed by atoms with E-state index in [0.29, 0.717) is 5.13 Å². The SMILES string of the molecule is CNCC(=O)Nc1nc(-c2ccc(OC(C)C)cc2)cs1. The zero-order valence-corrected chi connectivity index (χ0v) is 13.2. The molecular formula is C15H19N3O2S. The highest BCUT2D eigenvalue weighted by Crippen LogP contribution is 2.26. The Bertz CT molecular complexity index is 593. The van der Waals surface area contributed by atoms with Crippen molar-refractivity contribution in [2.45, 2.75) is 20.0 Å². The van der Waals surface area contributed by atoms with Crippen molar-refractivity contribution < 1.29 is 9.53 Å². The molecule has 0 aliphatic rings. The second kappa shape index (κ2) is 7.19. The minimum Gasteiger partial charge on any atom is -0.491 e. The van der Waals surface area contributed by atoms with Gasteiger partial charge in [0.25, 0.3) is 0 Å². The number of rotatable bonds is 6. The van der Waals surface area contributed by atoms with Crippen LogP contribution in [0, 0.1) is 0 Å². The Kier molecular flexibility index (Phi) is 5.30. The Morgan fingerprint density at radius 1 is 1.33 bits per heavy atom. The summed E-state index contributed by atoms with van der Waals surface area (Å²) < 4.78 is 5.61. The summed E-state index contributed by atoms with van der Waals surface area (Å²) in [6, 6.07) is 7.78. The standard InChI is InChI=1S/C15H19N3O2S/c1-10(2)20-12-6-4-11(5-7-12)13-9-21-15(17-13)18-14(19)8-16-3/h4-7,9-10,16H,8H2,1-3H3,(H,17,18,19). The molecule has 0 saturated carbocycles. The molecule has 1 heterocycles. The third kappa shape index (κ3) is 4.54. The van der Waals surface area contributed by atoms with Gasteiger partial charge in [-0.3, -0.25) is 4.79 Å². The van der Waals surface area contributed by atoms with Crippen molar-refractivity contribution in [1.82, 2.24) is 10.3 Å². The number of hydrogen-bond acceptors (Lipinski definition) is 5. The van der Waals surface area contributed by atoms with Gasteiger partial charge in [-0.25, -0.2) is 4.98 Å². The summed E-state index contributed by atoms with van der Waals surface area (Å²) in [5.41, 5.74) is 1.84. The van der Waals surface area contributed by atoms with Gasteiger partial charge in [0.2, 0.25) is 5.91 Å². The zero-order valence-electron chi connectivity index (χ0n) is 12.3.